The quantitative estimate of drug-likeness (QED) is 0.270. The SMILES string of the molecule is C=CCCOC(=O)[C@@H]1[C@H]2C(=O)N([C@H](C)CO)C(C(=O)N(CC=C)c3ccc4ccccc4c3)C23CC[C@@]1(C)S3. The van der Waals surface area contributed by atoms with Crippen LogP contribution in [0.5, 0.6) is 0 Å². The largest absolute Gasteiger partial charge is 0.465 e. The molecule has 2 bridgehead atoms. The third kappa shape index (κ3) is 4.28. The lowest BCUT2D eigenvalue weighted by atomic mass is 9.66. The Bertz CT molecular complexity index is 1330. The molecule has 8 heteroatoms. The van der Waals surface area contributed by atoms with Gasteiger partial charge in [0, 0.05) is 17.0 Å². The summed E-state index contributed by atoms with van der Waals surface area (Å²) < 4.78 is 4.30. The van der Waals surface area contributed by atoms with Crippen LogP contribution in [0.2, 0.25) is 0 Å². The van der Waals surface area contributed by atoms with Crippen molar-refractivity contribution in [1.29, 1.82) is 0 Å². The molecule has 3 aliphatic heterocycles. The third-order valence-electron chi connectivity index (χ3n) is 8.63. The summed E-state index contributed by atoms with van der Waals surface area (Å²) in [5.74, 6) is -2.22. The van der Waals surface area contributed by atoms with E-state index in [2.05, 4.69) is 13.2 Å². The monoisotopic (exact) mass is 548 g/mol. The van der Waals surface area contributed by atoms with Crippen LogP contribution in [-0.4, -0.2) is 69.1 Å². The topological polar surface area (TPSA) is 87.1 Å². The van der Waals surface area contributed by atoms with Crippen molar-refractivity contribution in [3.05, 3.63) is 67.8 Å². The number of ether oxygens (including phenoxy) is 1. The first-order valence-corrected chi connectivity index (χ1v) is 14.4. The zero-order chi connectivity index (χ0) is 27.9. The number of esters is 1. The Labute approximate surface area is 233 Å². The molecule has 3 aliphatic rings. The molecule has 206 valence electrons. The normalized spacial score (nSPS) is 29.8. The summed E-state index contributed by atoms with van der Waals surface area (Å²) in [6.45, 7) is 11.5. The van der Waals surface area contributed by atoms with Gasteiger partial charge in [-0.05, 0) is 56.0 Å². The van der Waals surface area contributed by atoms with Gasteiger partial charge >= 0.3 is 5.97 Å². The molecule has 1 N–H and O–H groups in total. The standard InChI is InChI=1S/C31H36N2O5S/c1-5-7-17-38-29(37)25-24-27(35)33(20(3)19-34)26(31(24)15-14-30(25,4)39-31)28(36)32(16-6-2)23-13-12-21-10-8-9-11-22(21)18-23/h5-6,8-13,18,20,24-26,34H,1-2,7,14-17,19H2,3-4H3/t20-,24+,25+,26?,30-,31?/m1/s1. The minimum Gasteiger partial charge on any atom is -0.465 e. The Kier molecular flexibility index (Phi) is 7.37. The van der Waals surface area contributed by atoms with E-state index in [-0.39, 0.29) is 31.6 Å². The predicted octanol–water partition coefficient (Wildman–Crippen LogP) is 4.34. The van der Waals surface area contributed by atoms with Gasteiger partial charge < -0.3 is 19.6 Å². The zero-order valence-corrected chi connectivity index (χ0v) is 23.4. The molecule has 2 unspecified atom stereocenters. The molecule has 39 heavy (non-hydrogen) atoms. The predicted molar refractivity (Wildman–Crippen MR) is 154 cm³/mol. The second-order valence-electron chi connectivity index (χ2n) is 11.0. The van der Waals surface area contributed by atoms with Gasteiger partial charge in [-0.15, -0.1) is 24.9 Å². The molecule has 3 heterocycles. The van der Waals surface area contributed by atoms with Gasteiger partial charge in [0.2, 0.25) is 5.91 Å². The molecule has 0 aromatic heterocycles. The number of nitrogens with zero attached hydrogens (tertiary/aromatic N) is 2. The van der Waals surface area contributed by atoms with Crippen LogP contribution >= 0.6 is 11.8 Å². The number of carbonyl (C=O) groups excluding carboxylic acids is 3. The van der Waals surface area contributed by atoms with E-state index in [1.807, 2.05) is 49.4 Å². The number of hydrogen-bond donors (Lipinski definition) is 1. The number of carbonyl (C=O) groups is 3. The van der Waals surface area contributed by atoms with Crippen LogP contribution in [-0.2, 0) is 19.1 Å². The highest BCUT2D eigenvalue weighted by Crippen LogP contribution is 2.71. The van der Waals surface area contributed by atoms with Crippen LogP contribution in [0.25, 0.3) is 10.8 Å². The van der Waals surface area contributed by atoms with Gasteiger partial charge in [-0.2, -0.15) is 0 Å². The highest BCUT2D eigenvalue weighted by Gasteiger charge is 2.78. The lowest BCUT2D eigenvalue weighted by Crippen LogP contribution is -2.57. The van der Waals surface area contributed by atoms with Crippen molar-refractivity contribution in [2.45, 2.75) is 54.7 Å². The van der Waals surface area contributed by atoms with Crippen LogP contribution in [0.15, 0.2) is 67.8 Å². The number of fused-ring (bicyclic) bond motifs is 2. The molecule has 2 aromatic rings. The van der Waals surface area contributed by atoms with Crippen molar-refractivity contribution < 1.29 is 24.2 Å². The Morgan fingerprint density at radius 2 is 1.95 bits per heavy atom. The first kappa shape index (κ1) is 27.5. The highest BCUT2D eigenvalue weighted by atomic mass is 32.2. The summed E-state index contributed by atoms with van der Waals surface area (Å²) in [6.07, 6.45) is 5.23. The zero-order valence-electron chi connectivity index (χ0n) is 22.5. The maximum absolute atomic E-state index is 14.6. The molecular weight excluding hydrogens is 512 g/mol. The number of hydrogen-bond acceptors (Lipinski definition) is 6. The molecule has 5 rings (SSSR count). The average Bonchev–Trinajstić information content (AvgIpc) is 3.51. The number of rotatable bonds is 10. The van der Waals surface area contributed by atoms with Crippen molar-refractivity contribution in [1.82, 2.24) is 4.90 Å². The van der Waals surface area contributed by atoms with Gasteiger partial charge in [0.25, 0.3) is 5.91 Å². The smallest absolute Gasteiger partial charge is 0.311 e. The minimum atomic E-state index is -0.832. The molecule has 0 aliphatic carbocycles. The van der Waals surface area contributed by atoms with E-state index in [0.717, 1.165) is 10.8 Å². The third-order valence-corrected chi connectivity index (χ3v) is 10.6. The maximum Gasteiger partial charge on any atom is 0.311 e. The lowest BCUT2D eigenvalue weighted by molar-refractivity contribution is -0.155. The number of aliphatic hydroxyl groups excluding tert-OH is 1. The number of likely N-dealkylation sites (tertiary alicyclic amines) is 1. The molecule has 3 fully saturated rings. The van der Waals surface area contributed by atoms with Crippen LogP contribution in [0.3, 0.4) is 0 Å². The fourth-order valence-corrected chi connectivity index (χ4v) is 9.17. The van der Waals surface area contributed by atoms with Crippen LogP contribution in [0.4, 0.5) is 5.69 Å². The molecule has 0 saturated carbocycles. The molecular formula is C31H36N2O5S. The number of amides is 2. The van der Waals surface area contributed by atoms with E-state index >= 15 is 0 Å². The molecule has 3 saturated heterocycles. The second kappa shape index (κ2) is 10.5. The van der Waals surface area contributed by atoms with Crippen molar-refractivity contribution in [2.75, 3.05) is 24.7 Å². The summed E-state index contributed by atoms with van der Waals surface area (Å²) in [7, 11) is 0. The number of aliphatic hydroxyl groups is 1. The molecule has 6 atom stereocenters. The number of benzene rings is 2. The van der Waals surface area contributed by atoms with E-state index in [1.54, 1.807) is 40.6 Å². The number of anilines is 1. The molecule has 7 nitrogen and oxygen atoms in total. The first-order valence-electron chi connectivity index (χ1n) is 13.5. The van der Waals surface area contributed by atoms with Gasteiger partial charge in [-0.25, -0.2) is 0 Å². The summed E-state index contributed by atoms with van der Waals surface area (Å²) in [6, 6.07) is 12.4. The molecule has 2 aromatic carbocycles. The van der Waals surface area contributed by atoms with E-state index < -0.39 is 39.4 Å². The summed E-state index contributed by atoms with van der Waals surface area (Å²) in [5.41, 5.74) is 0.714. The lowest BCUT2D eigenvalue weighted by Gasteiger charge is -2.38. The van der Waals surface area contributed by atoms with Gasteiger partial charge in [0.1, 0.15) is 6.04 Å². The van der Waals surface area contributed by atoms with Crippen LogP contribution < -0.4 is 4.90 Å². The first-order chi connectivity index (χ1) is 18.7. The van der Waals surface area contributed by atoms with Crippen molar-refractivity contribution in [2.24, 2.45) is 11.8 Å². The Hall–Kier alpha value is -3.10. The Morgan fingerprint density at radius 3 is 2.64 bits per heavy atom. The maximum atomic E-state index is 14.6. The van der Waals surface area contributed by atoms with Gasteiger partial charge in [-0.3, -0.25) is 14.4 Å². The summed E-state index contributed by atoms with van der Waals surface area (Å²) in [5, 5.41) is 12.2. The Balaban J connectivity index is 1.57. The van der Waals surface area contributed by atoms with Crippen LogP contribution in [0.1, 0.15) is 33.1 Å². The van der Waals surface area contributed by atoms with Crippen LogP contribution in [0, 0.1) is 11.8 Å². The van der Waals surface area contributed by atoms with Crippen molar-refractivity contribution in [3.8, 4) is 0 Å². The van der Waals surface area contributed by atoms with E-state index in [0.29, 0.717) is 24.9 Å². The highest BCUT2D eigenvalue weighted by molar-refractivity contribution is 8.02. The second-order valence-corrected chi connectivity index (χ2v) is 12.9. The van der Waals surface area contributed by atoms with Gasteiger partial charge in [0.15, 0.2) is 0 Å². The average molecular weight is 549 g/mol. The van der Waals surface area contributed by atoms with Gasteiger partial charge in [0.05, 0.1) is 35.8 Å². The van der Waals surface area contributed by atoms with E-state index in [1.165, 1.54) is 0 Å². The molecule has 1 spiro atoms. The molecule has 2 amide bonds. The van der Waals surface area contributed by atoms with E-state index in [9.17, 15) is 19.5 Å². The summed E-state index contributed by atoms with van der Waals surface area (Å²) in [4.78, 5) is 45.4. The minimum absolute atomic E-state index is 0.210. The summed E-state index contributed by atoms with van der Waals surface area (Å²) >= 11 is 1.59. The Morgan fingerprint density at radius 1 is 1.21 bits per heavy atom. The number of thioether (sulfide) groups is 1. The molecule has 0 radical (unpaired) electrons. The fraction of sp³-hybridized carbons (Fsp3) is 0.452. The van der Waals surface area contributed by atoms with Crippen molar-refractivity contribution >= 4 is 46.0 Å². The van der Waals surface area contributed by atoms with E-state index in [4.69, 9.17) is 4.74 Å². The van der Waals surface area contributed by atoms with Gasteiger partial charge in [-0.1, -0.05) is 42.5 Å². The fourth-order valence-electron chi connectivity index (χ4n) is 6.84. The van der Waals surface area contributed by atoms with Crippen molar-refractivity contribution in [3.63, 3.8) is 0 Å².